The third-order valence-corrected chi connectivity index (χ3v) is 2.37. The lowest BCUT2D eigenvalue weighted by atomic mass is 10.3. The first-order chi connectivity index (χ1) is 7.00. The molecule has 5 nitrogen and oxygen atoms in total. The summed E-state index contributed by atoms with van der Waals surface area (Å²) < 4.78 is 0.958. The molecule has 0 aliphatic rings. The first-order valence-electron chi connectivity index (χ1n) is 4.53. The number of hydrogen-bond donors (Lipinski definition) is 1. The van der Waals surface area contributed by atoms with E-state index in [9.17, 15) is 4.79 Å². The van der Waals surface area contributed by atoms with E-state index in [1.165, 1.54) is 0 Å². The summed E-state index contributed by atoms with van der Waals surface area (Å²) in [7, 11) is 0. The van der Waals surface area contributed by atoms with Crippen LogP contribution in [-0.2, 0) is 4.79 Å². The number of primary amides is 1. The Balaban J connectivity index is 2.88. The fraction of sp³-hybridized carbons (Fsp3) is 0.444. The van der Waals surface area contributed by atoms with Gasteiger partial charge in [-0.1, -0.05) is 0 Å². The van der Waals surface area contributed by atoms with Crippen LogP contribution in [0.5, 0.6) is 0 Å². The number of halogens is 1. The van der Waals surface area contributed by atoms with Crippen LogP contribution < -0.4 is 10.6 Å². The highest BCUT2D eigenvalue weighted by atomic mass is 127. The summed E-state index contributed by atoms with van der Waals surface area (Å²) in [6.07, 6.45) is 3.42. The Morgan fingerprint density at radius 2 is 2.07 bits per heavy atom. The summed E-state index contributed by atoms with van der Waals surface area (Å²) in [5.74, 6) is 0.148. The van der Waals surface area contributed by atoms with E-state index in [2.05, 4.69) is 32.6 Å². The second kappa shape index (κ2) is 5.24. The number of carbonyl (C=O) groups is 1. The zero-order valence-electron chi connectivity index (χ0n) is 8.64. The number of anilines is 1. The fourth-order valence-electron chi connectivity index (χ4n) is 1.11. The predicted molar refractivity (Wildman–Crippen MR) is 66.4 cm³/mol. The van der Waals surface area contributed by atoms with Crippen molar-refractivity contribution >= 4 is 34.4 Å². The van der Waals surface area contributed by atoms with Crippen molar-refractivity contribution < 1.29 is 4.79 Å². The van der Waals surface area contributed by atoms with Crippen LogP contribution in [0.15, 0.2) is 12.4 Å². The van der Waals surface area contributed by atoms with E-state index in [1.54, 1.807) is 17.3 Å². The van der Waals surface area contributed by atoms with Gasteiger partial charge in [0.05, 0.1) is 6.54 Å². The maximum absolute atomic E-state index is 10.9. The van der Waals surface area contributed by atoms with E-state index in [0.29, 0.717) is 5.95 Å². The maximum Gasteiger partial charge on any atom is 0.237 e. The zero-order chi connectivity index (χ0) is 11.4. The number of aromatic nitrogens is 2. The van der Waals surface area contributed by atoms with Gasteiger partial charge in [-0.05, 0) is 36.4 Å². The lowest BCUT2D eigenvalue weighted by molar-refractivity contribution is -0.116. The summed E-state index contributed by atoms with van der Waals surface area (Å²) in [6, 6.07) is 0.137. The molecule has 0 saturated heterocycles. The number of amides is 1. The second-order valence-electron chi connectivity index (χ2n) is 3.39. The lowest BCUT2D eigenvalue weighted by Crippen LogP contribution is -2.39. The number of nitrogens with zero attached hydrogens (tertiary/aromatic N) is 3. The van der Waals surface area contributed by atoms with Gasteiger partial charge in [-0.15, -0.1) is 0 Å². The molecule has 0 unspecified atom stereocenters. The van der Waals surface area contributed by atoms with Gasteiger partial charge in [-0.2, -0.15) is 0 Å². The quantitative estimate of drug-likeness (QED) is 0.832. The Kier molecular flexibility index (Phi) is 4.25. The van der Waals surface area contributed by atoms with Crippen molar-refractivity contribution in [2.24, 2.45) is 5.73 Å². The number of hydrogen-bond acceptors (Lipinski definition) is 4. The van der Waals surface area contributed by atoms with Gasteiger partial charge >= 0.3 is 0 Å². The first-order valence-corrected chi connectivity index (χ1v) is 5.61. The average molecular weight is 320 g/mol. The molecule has 0 atom stereocenters. The smallest absolute Gasteiger partial charge is 0.237 e. The van der Waals surface area contributed by atoms with E-state index in [-0.39, 0.29) is 18.5 Å². The van der Waals surface area contributed by atoms with Gasteiger partial charge < -0.3 is 10.6 Å². The minimum absolute atomic E-state index is 0.137. The van der Waals surface area contributed by atoms with Crippen LogP contribution in [0.1, 0.15) is 13.8 Å². The van der Waals surface area contributed by atoms with Crippen LogP contribution in [-0.4, -0.2) is 28.5 Å². The molecule has 0 spiro atoms. The molecule has 15 heavy (non-hydrogen) atoms. The van der Waals surface area contributed by atoms with Crippen molar-refractivity contribution in [3.63, 3.8) is 0 Å². The second-order valence-corrected chi connectivity index (χ2v) is 4.63. The molecule has 0 fully saturated rings. The van der Waals surface area contributed by atoms with E-state index in [0.717, 1.165) is 3.57 Å². The van der Waals surface area contributed by atoms with E-state index in [4.69, 9.17) is 5.73 Å². The van der Waals surface area contributed by atoms with Crippen LogP contribution in [0.4, 0.5) is 5.95 Å². The largest absolute Gasteiger partial charge is 0.368 e. The molecule has 1 rings (SSSR count). The van der Waals surface area contributed by atoms with Gasteiger partial charge in [-0.3, -0.25) is 4.79 Å². The number of rotatable bonds is 4. The predicted octanol–water partition coefficient (Wildman–Crippen LogP) is 0.781. The Morgan fingerprint density at radius 3 is 2.47 bits per heavy atom. The highest BCUT2D eigenvalue weighted by Crippen LogP contribution is 2.11. The SMILES string of the molecule is CC(C)N(CC(N)=O)c1ncc(I)cn1. The number of carbonyl (C=O) groups excluding carboxylic acids is 1. The van der Waals surface area contributed by atoms with Gasteiger partial charge in [0.1, 0.15) is 0 Å². The Hall–Kier alpha value is -0.920. The maximum atomic E-state index is 10.9. The van der Waals surface area contributed by atoms with Gasteiger partial charge in [-0.25, -0.2) is 9.97 Å². The van der Waals surface area contributed by atoms with Crippen LogP contribution in [0.3, 0.4) is 0 Å². The van der Waals surface area contributed by atoms with E-state index in [1.807, 2.05) is 13.8 Å². The summed E-state index contributed by atoms with van der Waals surface area (Å²) in [5, 5.41) is 0. The summed E-state index contributed by atoms with van der Waals surface area (Å²) in [5.41, 5.74) is 5.16. The first kappa shape index (κ1) is 12.2. The van der Waals surface area contributed by atoms with Gasteiger partial charge in [0.15, 0.2) is 0 Å². The van der Waals surface area contributed by atoms with Gasteiger partial charge in [0, 0.05) is 22.0 Å². The molecule has 0 aromatic carbocycles. The van der Waals surface area contributed by atoms with Gasteiger partial charge in [0.2, 0.25) is 11.9 Å². The topological polar surface area (TPSA) is 72.1 Å². The van der Waals surface area contributed by atoms with Crippen LogP contribution >= 0.6 is 22.6 Å². The minimum atomic E-state index is -0.383. The minimum Gasteiger partial charge on any atom is -0.368 e. The van der Waals surface area contributed by atoms with Crippen LogP contribution in [0, 0.1) is 3.57 Å². The third kappa shape index (κ3) is 3.61. The standard InChI is InChI=1S/C9H13IN4O/c1-6(2)14(5-8(11)15)9-12-3-7(10)4-13-9/h3-4,6H,5H2,1-2H3,(H2,11,15). The molecule has 1 heterocycles. The van der Waals surface area contributed by atoms with Crippen molar-refractivity contribution in [2.45, 2.75) is 19.9 Å². The molecule has 1 aromatic heterocycles. The Bertz CT molecular complexity index is 338. The van der Waals surface area contributed by atoms with Crippen molar-refractivity contribution in [1.29, 1.82) is 0 Å². The normalized spacial score (nSPS) is 10.4. The zero-order valence-corrected chi connectivity index (χ0v) is 10.8. The summed E-state index contributed by atoms with van der Waals surface area (Å²) >= 11 is 2.13. The van der Waals surface area contributed by atoms with E-state index < -0.39 is 0 Å². The molecular weight excluding hydrogens is 307 g/mol. The van der Waals surface area contributed by atoms with Crippen molar-refractivity contribution in [2.75, 3.05) is 11.4 Å². The molecule has 1 aromatic rings. The van der Waals surface area contributed by atoms with Crippen LogP contribution in [0.2, 0.25) is 0 Å². The third-order valence-electron chi connectivity index (χ3n) is 1.81. The lowest BCUT2D eigenvalue weighted by Gasteiger charge is -2.24. The molecule has 2 N–H and O–H groups in total. The molecule has 0 saturated carbocycles. The molecule has 82 valence electrons. The van der Waals surface area contributed by atoms with E-state index >= 15 is 0 Å². The molecule has 0 bridgehead atoms. The molecule has 1 amide bonds. The molecule has 0 aliphatic heterocycles. The average Bonchev–Trinajstić information content (AvgIpc) is 2.15. The van der Waals surface area contributed by atoms with Gasteiger partial charge in [0.25, 0.3) is 0 Å². The number of nitrogens with two attached hydrogens (primary N) is 1. The fourth-order valence-corrected chi connectivity index (χ4v) is 1.38. The van der Waals surface area contributed by atoms with Crippen molar-refractivity contribution in [3.05, 3.63) is 16.0 Å². The molecule has 0 radical (unpaired) electrons. The summed E-state index contributed by atoms with van der Waals surface area (Å²) in [4.78, 5) is 20.9. The Labute approximate surface area is 102 Å². The molecule has 0 aliphatic carbocycles. The monoisotopic (exact) mass is 320 g/mol. The van der Waals surface area contributed by atoms with Crippen molar-refractivity contribution in [3.8, 4) is 0 Å². The van der Waals surface area contributed by atoms with Crippen molar-refractivity contribution in [1.82, 2.24) is 9.97 Å². The highest BCUT2D eigenvalue weighted by Gasteiger charge is 2.15. The van der Waals surface area contributed by atoms with Crippen LogP contribution in [0.25, 0.3) is 0 Å². The summed E-state index contributed by atoms with van der Waals surface area (Å²) in [6.45, 7) is 4.06. The highest BCUT2D eigenvalue weighted by molar-refractivity contribution is 14.1. The molecule has 6 heteroatoms. The molecular formula is C9H13IN4O. The Morgan fingerprint density at radius 1 is 1.53 bits per heavy atom.